The van der Waals surface area contributed by atoms with E-state index in [9.17, 15) is 4.79 Å². The van der Waals surface area contributed by atoms with Crippen LogP contribution in [0.4, 0.5) is 4.79 Å². The fourth-order valence-corrected chi connectivity index (χ4v) is 2.28. The quantitative estimate of drug-likeness (QED) is 0.926. The van der Waals surface area contributed by atoms with Crippen LogP contribution in [0, 0.1) is 0 Å². The summed E-state index contributed by atoms with van der Waals surface area (Å²) in [4.78, 5) is 13.6. The molecule has 0 unspecified atom stereocenters. The molecule has 1 aliphatic heterocycles. The SMILES string of the molecule is O=C(OCc1cn(-c2ccc(Cl)cc2)nn1)N1CCNCC1. The Morgan fingerprint density at radius 1 is 1.27 bits per heavy atom. The minimum absolute atomic E-state index is 0.107. The first-order chi connectivity index (χ1) is 10.7. The second-order valence-electron chi connectivity index (χ2n) is 4.92. The van der Waals surface area contributed by atoms with Gasteiger partial charge in [-0.3, -0.25) is 0 Å². The predicted molar refractivity (Wildman–Crippen MR) is 81.0 cm³/mol. The molecule has 1 aromatic carbocycles. The minimum Gasteiger partial charge on any atom is -0.443 e. The van der Waals surface area contributed by atoms with E-state index in [0.29, 0.717) is 23.8 Å². The summed E-state index contributed by atoms with van der Waals surface area (Å²) in [6, 6.07) is 7.24. The van der Waals surface area contributed by atoms with Crippen molar-refractivity contribution in [3.05, 3.63) is 41.2 Å². The second kappa shape index (κ2) is 6.76. The molecule has 0 spiro atoms. The maximum absolute atomic E-state index is 11.9. The molecular weight excluding hydrogens is 306 g/mol. The van der Waals surface area contributed by atoms with Crippen molar-refractivity contribution in [2.75, 3.05) is 26.2 Å². The summed E-state index contributed by atoms with van der Waals surface area (Å²) in [5.41, 5.74) is 1.44. The van der Waals surface area contributed by atoms with Gasteiger partial charge in [0.2, 0.25) is 0 Å². The normalized spacial score (nSPS) is 14.9. The first kappa shape index (κ1) is 14.8. The lowest BCUT2D eigenvalue weighted by molar-refractivity contribution is 0.0908. The average Bonchev–Trinajstić information content (AvgIpc) is 3.03. The summed E-state index contributed by atoms with van der Waals surface area (Å²) >= 11 is 5.85. The molecule has 0 atom stereocenters. The van der Waals surface area contributed by atoms with Gasteiger partial charge in [0.15, 0.2) is 0 Å². The van der Waals surface area contributed by atoms with Gasteiger partial charge in [-0.25, -0.2) is 9.48 Å². The van der Waals surface area contributed by atoms with Gasteiger partial charge in [-0.05, 0) is 24.3 Å². The van der Waals surface area contributed by atoms with Gasteiger partial charge in [0.05, 0.1) is 11.9 Å². The molecular formula is C14H16ClN5O2. The molecule has 3 rings (SSSR count). The summed E-state index contributed by atoms with van der Waals surface area (Å²) in [5.74, 6) is 0. The molecule has 2 heterocycles. The Balaban J connectivity index is 1.57. The first-order valence-corrected chi connectivity index (χ1v) is 7.40. The smallest absolute Gasteiger partial charge is 0.410 e. The number of benzene rings is 1. The standard InChI is InChI=1S/C14H16ClN5O2/c15-11-1-3-13(4-2-11)20-9-12(17-18-20)10-22-14(21)19-7-5-16-6-8-19/h1-4,9,16H,5-8,10H2. The molecule has 0 radical (unpaired) electrons. The number of ether oxygens (including phenoxy) is 1. The third-order valence-corrected chi connectivity index (χ3v) is 3.60. The molecule has 1 saturated heterocycles. The van der Waals surface area contributed by atoms with Gasteiger partial charge < -0.3 is 15.0 Å². The molecule has 0 bridgehead atoms. The number of aromatic nitrogens is 3. The van der Waals surface area contributed by atoms with Crippen molar-refractivity contribution in [2.24, 2.45) is 0 Å². The fraction of sp³-hybridized carbons (Fsp3) is 0.357. The van der Waals surface area contributed by atoms with Crippen molar-refractivity contribution >= 4 is 17.7 Å². The highest BCUT2D eigenvalue weighted by atomic mass is 35.5. The summed E-state index contributed by atoms with van der Waals surface area (Å²) < 4.78 is 6.87. The largest absolute Gasteiger partial charge is 0.443 e. The molecule has 1 aliphatic rings. The highest BCUT2D eigenvalue weighted by Crippen LogP contribution is 2.13. The Bertz CT molecular complexity index is 637. The van der Waals surface area contributed by atoms with Gasteiger partial charge in [0.25, 0.3) is 0 Å². The number of hydrogen-bond donors (Lipinski definition) is 1. The third-order valence-electron chi connectivity index (χ3n) is 3.35. The minimum atomic E-state index is -0.317. The van der Waals surface area contributed by atoms with Crippen LogP contribution in [0.1, 0.15) is 5.69 Å². The first-order valence-electron chi connectivity index (χ1n) is 7.02. The van der Waals surface area contributed by atoms with Crippen molar-refractivity contribution in [1.82, 2.24) is 25.2 Å². The van der Waals surface area contributed by atoms with Crippen LogP contribution < -0.4 is 5.32 Å². The molecule has 1 fully saturated rings. The maximum Gasteiger partial charge on any atom is 0.410 e. The van der Waals surface area contributed by atoms with Crippen molar-refractivity contribution in [3.8, 4) is 5.69 Å². The van der Waals surface area contributed by atoms with Crippen LogP contribution in [-0.2, 0) is 11.3 Å². The van der Waals surface area contributed by atoms with E-state index in [1.807, 2.05) is 12.1 Å². The number of nitrogens with one attached hydrogen (secondary N) is 1. The number of amides is 1. The number of carbonyl (C=O) groups is 1. The summed E-state index contributed by atoms with van der Waals surface area (Å²) in [6.07, 6.45) is 1.41. The fourth-order valence-electron chi connectivity index (χ4n) is 2.16. The van der Waals surface area contributed by atoms with Crippen molar-refractivity contribution in [1.29, 1.82) is 0 Å². The molecule has 0 aliphatic carbocycles. The van der Waals surface area contributed by atoms with Gasteiger partial charge in [0.1, 0.15) is 12.3 Å². The number of carbonyl (C=O) groups excluding carboxylic acids is 1. The molecule has 1 N–H and O–H groups in total. The van der Waals surface area contributed by atoms with Crippen LogP contribution in [0.2, 0.25) is 5.02 Å². The van der Waals surface area contributed by atoms with Gasteiger partial charge in [0, 0.05) is 31.2 Å². The Hall–Kier alpha value is -2.12. The van der Waals surface area contributed by atoms with Crippen molar-refractivity contribution < 1.29 is 9.53 Å². The van der Waals surface area contributed by atoms with Crippen LogP contribution in [0.15, 0.2) is 30.5 Å². The van der Waals surface area contributed by atoms with Crippen molar-refractivity contribution in [3.63, 3.8) is 0 Å². The van der Waals surface area contributed by atoms with Gasteiger partial charge in [-0.1, -0.05) is 16.8 Å². The molecule has 1 aromatic heterocycles. The highest BCUT2D eigenvalue weighted by Gasteiger charge is 2.17. The van der Waals surface area contributed by atoms with Crippen LogP contribution in [0.3, 0.4) is 0 Å². The second-order valence-corrected chi connectivity index (χ2v) is 5.36. The van der Waals surface area contributed by atoms with E-state index in [2.05, 4.69) is 15.6 Å². The van der Waals surface area contributed by atoms with Crippen LogP contribution >= 0.6 is 11.6 Å². The van der Waals surface area contributed by atoms with Gasteiger partial charge in [-0.15, -0.1) is 5.10 Å². The number of rotatable bonds is 3. The zero-order chi connectivity index (χ0) is 15.4. The van der Waals surface area contributed by atoms with Crippen molar-refractivity contribution in [2.45, 2.75) is 6.61 Å². The number of halogens is 1. The van der Waals surface area contributed by atoms with Crippen LogP contribution in [0.5, 0.6) is 0 Å². The van der Waals surface area contributed by atoms with E-state index < -0.39 is 0 Å². The number of hydrogen-bond acceptors (Lipinski definition) is 5. The van der Waals surface area contributed by atoms with E-state index in [4.69, 9.17) is 16.3 Å². The summed E-state index contributed by atoms with van der Waals surface area (Å²) in [6.45, 7) is 3.02. The van der Waals surface area contributed by atoms with E-state index in [-0.39, 0.29) is 12.7 Å². The predicted octanol–water partition coefficient (Wildman–Crippen LogP) is 1.46. The van der Waals surface area contributed by atoms with E-state index in [1.165, 1.54) is 0 Å². The molecule has 2 aromatic rings. The molecule has 0 saturated carbocycles. The van der Waals surface area contributed by atoms with Crippen LogP contribution in [0.25, 0.3) is 5.69 Å². The van der Waals surface area contributed by atoms with E-state index in [1.54, 1.807) is 27.9 Å². The Morgan fingerprint density at radius 3 is 2.73 bits per heavy atom. The zero-order valence-electron chi connectivity index (χ0n) is 11.9. The zero-order valence-corrected chi connectivity index (χ0v) is 12.7. The molecule has 7 nitrogen and oxygen atoms in total. The molecule has 116 valence electrons. The summed E-state index contributed by atoms with van der Waals surface area (Å²) in [5, 5.41) is 11.9. The number of nitrogens with zero attached hydrogens (tertiary/aromatic N) is 4. The molecule has 8 heteroatoms. The van der Waals surface area contributed by atoms with Gasteiger partial charge in [-0.2, -0.15) is 0 Å². The monoisotopic (exact) mass is 321 g/mol. The maximum atomic E-state index is 11.9. The molecule has 22 heavy (non-hydrogen) atoms. The average molecular weight is 322 g/mol. The lowest BCUT2D eigenvalue weighted by Crippen LogP contribution is -2.46. The lowest BCUT2D eigenvalue weighted by Gasteiger charge is -2.26. The summed E-state index contributed by atoms with van der Waals surface area (Å²) in [7, 11) is 0. The Morgan fingerprint density at radius 2 is 2.00 bits per heavy atom. The van der Waals surface area contributed by atoms with Crippen LogP contribution in [-0.4, -0.2) is 52.2 Å². The van der Waals surface area contributed by atoms with Gasteiger partial charge >= 0.3 is 6.09 Å². The Kier molecular flexibility index (Phi) is 4.55. The third kappa shape index (κ3) is 3.55. The highest BCUT2D eigenvalue weighted by molar-refractivity contribution is 6.30. The van der Waals surface area contributed by atoms with E-state index >= 15 is 0 Å². The molecule has 1 amide bonds. The van der Waals surface area contributed by atoms with E-state index in [0.717, 1.165) is 18.8 Å². The topological polar surface area (TPSA) is 72.3 Å². The lowest BCUT2D eigenvalue weighted by atomic mass is 10.3. The Labute approximate surface area is 132 Å². The number of piperazine rings is 1.